The molecule has 28 heavy (non-hydrogen) atoms. The van der Waals surface area contributed by atoms with E-state index in [9.17, 15) is 13.6 Å². The molecule has 150 valence electrons. The lowest BCUT2D eigenvalue weighted by Gasteiger charge is -2.07. The molecule has 3 aromatic rings. The van der Waals surface area contributed by atoms with Gasteiger partial charge in [-0.25, -0.2) is 4.79 Å². The molecule has 0 radical (unpaired) electrons. The van der Waals surface area contributed by atoms with Gasteiger partial charge in [-0.1, -0.05) is 18.2 Å². The lowest BCUT2D eigenvalue weighted by Crippen LogP contribution is -2.08. The minimum atomic E-state index is -2.87. The van der Waals surface area contributed by atoms with Crippen LogP contribution in [0.2, 0.25) is 0 Å². The Kier molecular flexibility index (Phi) is 7.31. The Labute approximate surface area is 166 Å². The fraction of sp³-hybridized carbons (Fsp3) is 0.263. The molecule has 0 saturated carbocycles. The van der Waals surface area contributed by atoms with Gasteiger partial charge in [0.2, 0.25) is 0 Å². The molecule has 0 unspecified atom stereocenters. The second kappa shape index (κ2) is 9.48. The van der Waals surface area contributed by atoms with Gasteiger partial charge in [-0.3, -0.25) is 4.68 Å². The third-order valence-corrected chi connectivity index (χ3v) is 4.00. The van der Waals surface area contributed by atoms with Gasteiger partial charge in [-0.15, -0.1) is 12.4 Å². The first-order valence-electron chi connectivity index (χ1n) is 8.42. The van der Waals surface area contributed by atoms with E-state index >= 15 is 0 Å². The topological polar surface area (TPSA) is 79.4 Å². The SMILES string of the molecule is CCOC(=O)c1nn(Cc2ccc(OC(F)F)cc2)c2cc(CN)ccc12.Cl. The zero-order chi connectivity index (χ0) is 19.4. The van der Waals surface area contributed by atoms with Crippen molar-refractivity contribution in [1.82, 2.24) is 9.78 Å². The Morgan fingerprint density at radius 1 is 1.18 bits per heavy atom. The number of hydrogen-bond acceptors (Lipinski definition) is 5. The molecule has 0 aliphatic heterocycles. The maximum absolute atomic E-state index is 12.3. The molecule has 1 aromatic heterocycles. The first-order chi connectivity index (χ1) is 13.0. The fourth-order valence-electron chi connectivity index (χ4n) is 2.77. The van der Waals surface area contributed by atoms with Gasteiger partial charge in [0.1, 0.15) is 5.75 Å². The Balaban J connectivity index is 0.00000280. The molecule has 2 aromatic carbocycles. The summed E-state index contributed by atoms with van der Waals surface area (Å²) < 4.78 is 35.6. The van der Waals surface area contributed by atoms with Crippen LogP contribution in [-0.4, -0.2) is 29.0 Å². The Bertz CT molecular complexity index is 945. The molecular weight excluding hydrogens is 392 g/mol. The molecular formula is C19H20ClF2N3O3. The number of fused-ring (bicyclic) bond motifs is 1. The van der Waals surface area contributed by atoms with Gasteiger partial charge in [0.05, 0.1) is 18.7 Å². The summed E-state index contributed by atoms with van der Waals surface area (Å²) in [5.74, 6) is -0.417. The molecule has 3 rings (SSSR count). The first kappa shape index (κ1) is 21.6. The van der Waals surface area contributed by atoms with Crippen molar-refractivity contribution in [3.05, 3.63) is 59.3 Å². The van der Waals surface area contributed by atoms with Crippen LogP contribution in [0, 0.1) is 0 Å². The summed E-state index contributed by atoms with van der Waals surface area (Å²) >= 11 is 0. The predicted molar refractivity (Wildman–Crippen MR) is 103 cm³/mol. The number of carbonyl (C=O) groups excluding carboxylic acids is 1. The van der Waals surface area contributed by atoms with Crippen LogP contribution in [0.4, 0.5) is 8.78 Å². The summed E-state index contributed by atoms with van der Waals surface area (Å²) in [6.07, 6.45) is 0. The Hall–Kier alpha value is -2.71. The Morgan fingerprint density at radius 3 is 2.46 bits per heavy atom. The van der Waals surface area contributed by atoms with Gasteiger partial charge in [-0.2, -0.15) is 13.9 Å². The standard InChI is InChI=1S/C19H19F2N3O3.ClH/c1-2-26-18(25)17-15-8-5-13(10-22)9-16(15)24(23-17)11-12-3-6-14(7-4-12)27-19(20)21;/h3-9,19H,2,10-11,22H2,1H3;1H. The highest BCUT2D eigenvalue weighted by Crippen LogP contribution is 2.23. The molecule has 9 heteroatoms. The molecule has 1 heterocycles. The molecule has 0 atom stereocenters. The quantitative estimate of drug-likeness (QED) is 0.599. The summed E-state index contributed by atoms with van der Waals surface area (Å²) in [4.78, 5) is 12.2. The molecule has 0 fully saturated rings. The van der Waals surface area contributed by atoms with Crippen molar-refractivity contribution in [1.29, 1.82) is 0 Å². The van der Waals surface area contributed by atoms with Crippen LogP contribution in [0.5, 0.6) is 5.75 Å². The van der Waals surface area contributed by atoms with Crippen molar-refractivity contribution in [2.75, 3.05) is 6.61 Å². The lowest BCUT2D eigenvalue weighted by molar-refractivity contribution is -0.0498. The average molecular weight is 412 g/mol. The highest BCUT2D eigenvalue weighted by atomic mass is 35.5. The smallest absolute Gasteiger partial charge is 0.387 e. The number of aromatic nitrogens is 2. The normalized spacial score (nSPS) is 10.8. The number of alkyl halides is 2. The van der Waals surface area contributed by atoms with E-state index in [-0.39, 0.29) is 30.5 Å². The number of halogens is 3. The highest BCUT2D eigenvalue weighted by Gasteiger charge is 2.18. The predicted octanol–water partition coefficient (Wildman–Crippen LogP) is 3.74. The van der Waals surface area contributed by atoms with Gasteiger partial charge in [0.15, 0.2) is 5.69 Å². The van der Waals surface area contributed by atoms with E-state index in [0.717, 1.165) is 16.6 Å². The summed E-state index contributed by atoms with van der Waals surface area (Å²) in [6, 6.07) is 11.8. The number of nitrogens with zero attached hydrogens (tertiary/aromatic N) is 2. The number of ether oxygens (including phenoxy) is 2. The zero-order valence-electron chi connectivity index (χ0n) is 15.1. The van der Waals surface area contributed by atoms with Crippen LogP contribution >= 0.6 is 12.4 Å². The molecule has 0 bridgehead atoms. The largest absolute Gasteiger partial charge is 0.461 e. The summed E-state index contributed by atoms with van der Waals surface area (Å²) in [6.45, 7) is -0.187. The first-order valence-corrected chi connectivity index (χ1v) is 8.42. The molecule has 0 spiro atoms. The van der Waals surface area contributed by atoms with E-state index in [1.54, 1.807) is 29.8 Å². The second-order valence-corrected chi connectivity index (χ2v) is 5.80. The van der Waals surface area contributed by atoms with Crippen LogP contribution < -0.4 is 10.5 Å². The van der Waals surface area contributed by atoms with E-state index in [1.165, 1.54) is 12.1 Å². The van der Waals surface area contributed by atoms with Crippen LogP contribution in [-0.2, 0) is 17.8 Å². The highest BCUT2D eigenvalue weighted by molar-refractivity contribution is 6.02. The zero-order valence-corrected chi connectivity index (χ0v) is 15.9. The third-order valence-electron chi connectivity index (χ3n) is 4.00. The molecule has 0 aliphatic carbocycles. The molecule has 0 aliphatic rings. The monoisotopic (exact) mass is 411 g/mol. The van der Waals surface area contributed by atoms with Gasteiger partial charge in [0.25, 0.3) is 0 Å². The molecule has 2 N–H and O–H groups in total. The third kappa shape index (κ3) is 4.76. The van der Waals surface area contributed by atoms with Crippen molar-refractivity contribution in [3.8, 4) is 5.75 Å². The van der Waals surface area contributed by atoms with E-state index in [1.807, 2.05) is 12.1 Å². The van der Waals surface area contributed by atoms with Crippen molar-refractivity contribution in [2.45, 2.75) is 26.6 Å². The summed E-state index contributed by atoms with van der Waals surface area (Å²) in [7, 11) is 0. The van der Waals surface area contributed by atoms with Crippen LogP contribution in [0.1, 0.15) is 28.5 Å². The average Bonchev–Trinajstić information content (AvgIpc) is 3.01. The van der Waals surface area contributed by atoms with Crippen LogP contribution in [0.25, 0.3) is 10.9 Å². The number of hydrogen-bond donors (Lipinski definition) is 1. The number of nitrogens with two attached hydrogens (primary N) is 1. The van der Waals surface area contributed by atoms with Crippen LogP contribution in [0.3, 0.4) is 0 Å². The minimum absolute atomic E-state index is 0. The fourth-order valence-corrected chi connectivity index (χ4v) is 2.77. The molecule has 6 nitrogen and oxygen atoms in total. The molecule has 0 amide bonds. The maximum Gasteiger partial charge on any atom is 0.387 e. The van der Waals surface area contributed by atoms with Crippen molar-refractivity contribution >= 4 is 29.3 Å². The van der Waals surface area contributed by atoms with Gasteiger partial charge in [0, 0.05) is 11.9 Å². The maximum atomic E-state index is 12.3. The second-order valence-electron chi connectivity index (χ2n) is 5.80. The van der Waals surface area contributed by atoms with Gasteiger partial charge >= 0.3 is 12.6 Å². The van der Waals surface area contributed by atoms with Crippen molar-refractivity contribution < 1.29 is 23.0 Å². The number of carbonyl (C=O) groups is 1. The number of rotatable bonds is 7. The van der Waals surface area contributed by atoms with Crippen molar-refractivity contribution in [2.24, 2.45) is 5.73 Å². The molecule has 0 saturated heterocycles. The van der Waals surface area contributed by atoms with E-state index in [4.69, 9.17) is 10.5 Å². The lowest BCUT2D eigenvalue weighted by atomic mass is 10.1. The summed E-state index contributed by atoms with van der Waals surface area (Å²) in [5.41, 5.74) is 8.41. The van der Waals surface area contributed by atoms with E-state index in [2.05, 4.69) is 9.84 Å². The minimum Gasteiger partial charge on any atom is -0.461 e. The van der Waals surface area contributed by atoms with Crippen molar-refractivity contribution in [3.63, 3.8) is 0 Å². The summed E-state index contributed by atoms with van der Waals surface area (Å²) in [5, 5.41) is 5.07. The Morgan fingerprint density at radius 2 is 1.86 bits per heavy atom. The van der Waals surface area contributed by atoms with Gasteiger partial charge < -0.3 is 15.2 Å². The van der Waals surface area contributed by atoms with E-state index in [0.29, 0.717) is 18.5 Å². The number of esters is 1. The van der Waals surface area contributed by atoms with Gasteiger partial charge in [-0.05, 0) is 42.3 Å². The van der Waals surface area contributed by atoms with Crippen LogP contribution in [0.15, 0.2) is 42.5 Å². The van der Waals surface area contributed by atoms with E-state index < -0.39 is 12.6 Å². The number of benzene rings is 2.